The van der Waals surface area contributed by atoms with Gasteiger partial charge >= 0.3 is 0 Å². The maximum absolute atomic E-state index is 13.3. The van der Waals surface area contributed by atoms with Gasteiger partial charge in [0.05, 0.1) is 24.8 Å². The number of hydrogen-bond acceptors (Lipinski definition) is 6. The summed E-state index contributed by atoms with van der Waals surface area (Å²) in [6.45, 7) is 5.16. The van der Waals surface area contributed by atoms with Gasteiger partial charge < -0.3 is 19.5 Å². The number of aliphatic hydroxyl groups excluding tert-OH is 1. The average molecular weight is 473 g/mol. The largest absolute Gasteiger partial charge is 0.507 e. The summed E-state index contributed by atoms with van der Waals surface area (Å²) in [5.74, 6) is -0.331. The number of nitrogens with zero attached hydrogens (tertiary/aromatic N) is 2. The minimum atomic E-state index is -0.778. The fourth-order valence-electron chi connectivity index (χ4n) is 4.10. The molecule has 3 aromatic rings. The lowest BCUT2D eigenvalue weighted by atomic mass is 9.95. The van der Waals surface area contributed by atoms with Crippen LogP contribution in [0.1, 0.15) is 43.0 Å². The van der Waals surface area contributed by atoms with Gasteiger partial charge in [0, 0.05) is 24.5 Å². The molecule has 0 bridgehead atoms. The molecule has 35 heavy (non-hydrogen) atoms. The molecule has 1 atom stereocenters. The van der Waals surface area contributed by atoms with Gasteiger partial charge in [-0.05, 0) is 73.0 Å². The molecule has 1 amide bonds. The first-order chi connectivity index (χ1) is 17.0. The summed E-state index contributed by atoms with van der Waals surface area (Å²) in [5.41, 5.74) is 1.98. The normalized spacial score (nSPS) is 17.0. The molecule has 1 aliphatic rings. The molecule has 0 saturated carbocycles. The van der Waals surface area contributed by atoms with Crippen molar-refractivity contribution in [2.75, 3.05) is 13.2 Å². The molecule has 1 N–H and O–H groups in total. The van der Waals surface area contributed by atoms with Gasteiger partial charge in [-0.15, -0.1) is 0 Å². The second-order valence-corrected chi connectivity index (χ2v) is 8.16. The lowest BCUT2D eigenvalue weighted by molar-refractivity contribution is -0.140. The molecule has 0 spiro atoms. The van der Waals surface area contributed by atoms with Crippen molar-refractivity contribution in [2.24, 2.45) is 0 Å². The predicted molar refractivity (Wildman–Crippen MR) is 132 cm³/mol. The Hall–Kier alpha value is -4.13. The van der Waals surface area contributed by atoms with E-state index in [0.29, 0.717) is 35.8 Å². The molecule has 4 rings (SSSR count). The monoisotopic (exact) mass is 472 g/mol. The number of amides is 1. The zero-order valence-corrected chi connectivity index (χ0v) is 19.8. The Morgan fingerprint density at radius 3 is 2.40 bits per heavy atom. The van der Waals surface area contributed by atoms with Crippen LogP contribution in [0.15, 0.2) is 78.6 Å². The van der Waals surface area contributed by atoms with Crippen LogP contribution in [-0.4, -0.2) is 39.9 Å². The van der Waals surface area contributed by atoms with Gasteiger partial charge in [0.25, 0.3) is 11.7 Å². The zero-order valence-electron chi connectivity index (χ0n) is 19.8. The van der Waals surface area contributed by atoms with E-state index < -0.39 is 17.7 Å². The first kappa shape index (κ1) is 24.0. The van der Waals surface area contributed by atoms with E-state index in [1.54, 1.807) is 48.8 Å². The van der Waals surface area contributed by atoms with Crippen LogP contribution in [-0.2, 0) is 16.1 Å². The minimum absolute atomic E-state index is 0.0425. The molecule has 7 nitrogen and oxygen atoms in total. The van der Waals surface area contributed by atoms with Crippen LogP contribution in [0.4, 0.5) is 0 Å². The van der Waals surface area contributed by atoms with E-state index in [2.05, 4.69) is 4.98 Å². The van der Waals surface area contributed by atoms with Gasteiger partial charge in [-0.25, -0.2) is 0 Å². The molecule has 1 aliphatic heterocycles. The summed E-state index contributed by atoms with van der Waals surface area (Å²) in [6, 6.07) is 16.9. The SMILES string of the molecule is CCCOc1cccc(C2/C(=C(\O)c3ccc(OCC)cc3)C(=O)C(=O)N2Cc2ccncc2)c1. The summed E-state index contributed by atoms with van der Waals surface area (Å²) in [5, 5.41) is 11.3. The Morgan fingerprint density at radius 2 is 1.71 bits per heavy atom. The van der Waals surface area contributed by atoms with Crippen molar-refractivity contribution in [3.63, 3.8) is 0 Å². The number of hydrogen-bond donors (Lipinski definition) is 1. The van der Waals surface area contributed by atoms with Crippen LogP contribution in [0.5, 0.6) is 11.5 Å². The number of likely N-dealkylation sites (tertiary alicyclic amines) is 1. The quantitative estimate of drug-likeness (QED) is 0.271. The van der Waals surface area contributed by atoms with E-state index in [1.807, 2.05) is 38.1 Å². The highest BCUT2D eigenvalue weighted by atomic mass is 16.5. The number of aliphatic hydroxyl groups is 1. The van der Waals surface area contributed by atoms with Gasteiger partial charge in [-0.2, -0.15) is 0 Å². The van der Waals surface area contributed by atoms with Crippen molar-refractivity contribution in [3.05, 3.63) is 95.3 Å². The number of ketones is 1. The van der Waals surface area contributed by atoms with Crippen molar-refractivity contribution < 1.29 is 24.2 Å². The second-order valence-electron chi connectivity index (χ2n) is 8.16. The summed E-state index contributed by atoms with van der Waals surface area (Å²) < 4.78 is 11.3. The first-order valence-electron chi connectivity index (χ1n) is 11.7. The van der Waals surface area contributed by atoms with E-state index in [0.717, 1.165) is 12.0 Å². The Bertz CT molecular complexity index is 1220. The van der Waals surface area contributed by atoms with Crippen LogP contribution in [0.25, 0.3) is 5.76 Å². The minimum Gasteiger partial charge on any atom is -0.507 e. The van der Waals surface area contributed by atoms with E-state index >= 15 is 0 Å². The van der Waals surface area contributed by atoms with E-state index in [9.17, 15) is 14.7 Å². The number of ether oxygens (including phenoxy) is 2. The van der Waals surface area contributed by atoms with Crippen molar-refractivity contribution in [2.45, 2.75) is 32.9 Å². The summed E-state index contributed by atoms with van der Waals surface area (Å²) >= 11 is 0. The maximum atomic E-state index is 13.3. The van der Waals surface area contributed by atoms with Gasteiger partial charge in [-0.1, -0.05) is 19.1 Å². The molecule has 1 fully saturated rings. The Balaban J connectivity index is 1.81. The second kappa shape index (κ2) is 10.9. The number of carbonyl (C=O) groups excluding carboxylic acids is 2. The van der Waals surface area contributed by atoms with E-state index in [1.165, 1.54) is 4.90 Å². The highest BCUT2D eigenvalue weighted by Gasteiger charge is 2.46. The molecule has 2 aromatic carbocycles. The smallest absolute Gasteiger partial charge is 0.295 e. The number of carbonyl (C=O) groups is 2. The number of rotatable bonds is 9. The van der Waals surface area contributed by atoms with Crippen LogP contribution >= 0.6 is 0 Å². The molecule has 7 heteroatoms. The van der Waals surface area contributed by atoms with Crippen LogP contribution in [0, 0.1) is 0 Å². The first-order valence-corrected chi connectivity index (χ1v) is 11.7. The fraction of sp³-hybridized carbons (Fsp3) is 0.250. The molecular weight excluding hydrogens is 444 g/mol. The summed E-state index contributed by atoms with van der Waals surface area (Å²) in [7, 11) is 0. The molecule has 0 radical (unpaired) electrons. The van der Waals surface area contributed by atoms with Gasteiger partial charge in [0.15, 0.2) is 0 Å². The van der Waals surface area contributed by atoms with E-state index in [-0.39, 0.29) is 17.9 Å². The third kappa shape index (κ3) is 5.19. The molecule has 2 heterocycles. The standard InChI is InChI=1S/C28H28N2O5/c1-3-16-35-23-7-5-6-21(17-23)25-24(26(31)20-8-10-22(11-9-20)34-4-2)27(32)28(33)30(25)18-19-12-14-29-15-13-19/h5-15,17,25,31H,3-4,16,18H2,1-2H3/b26-24+. The fourth-order valence-corrected chi connectivity index (χ4v) is 4.10. The number of aromatic nitrogens is 1. The predicted octanol–water partition coefficient (Wildman–Crippen LogP) is 4.89. The third-order valence-corrected chi connectivity index (χ3v) is 5.73. The lowest BCUT2D eigenvalue weighted by Crippen LogP contribution is -2.29. The summed E-state index contributed by atoms with van der Waals surface area (Å²) in [6.07, 6.45) is 4.13. The molecular formula is C28H28N2O5. The number of Topliss-reactive ketones (excluding diaryl/α,β-unsaturated/α-hetero) is 1. The number of pyridine rings is 1. The topological polar surface area (TPSA) is 89.0 Å². The zero-order chi connectivity index (χ0) is 24.8. The maximum Gasteiger partial charge on any atom is 0.295 e. The van der Waals surface area contributed by atoms with E-state index in [4.69, 9.17) is 9.47 Å². The van der Waals surface area contributed by atoms with Crippen LogP contribution < -0.4 is 9.47 Å². The Labute approximate surface area is 204 Å². The Morgan fingerprint density at radius 1 is 0.971 bits per heavy atom. The molecule has 0 aliphatic carbocycles. The van der Waals surface area contributed by atoms with Crippen LogP contribution in [0.3, 0.4) is 0 Å². The molecule has 1 saturated heterocycles. The third-order valence-electron chi connectivity index (χ3n) is 5.73. The van der Waals surface area contributed by atoms with Crippen molar-refractivity contribution in [1.29, 1.82) is 0 Å². The lowest BCUT2D eigenvalue weighted by Gasteiger charge is -2.25. The van der Waals surface area contributed by atoms with Gasteiger partial charge in [-0.3, -0.25) is 14.6 Å². The highest BCUT2D eigenvalue weighted by molar-refractivity contribution is 6.46. The summed E-state index contributed by atoms with van der Waals surface area (Å²) in [4.78, 5) is 32.0. The van der Waals surface area contributed by atoms with Gasteiger partial charge in [0.2, 0.25) is 0 Å². The van der Waals surface area contributed by atoms with Crippen LogP contribution in [0.2, 0.25) is 0 Å². The molecule has 1 aromatic heterocycles. The van der Waals surface area contributed by atoms with Gasteiger partial charge in [0.1, 0.15) is 17.3 Å². The Kier molecular flexibility index (Phi) is 7.45. The average Bonchev–Trinajstić information content (AvgIpc) is 3.13. The molecule has 1 unspecified atom stereocenters. The van der Waals surface area contributed by atoms with Crippen molar-refractivity contribution >= 4 is 17.4 Å². The molecule has 180 valence electrons. The van der Waals surface area contributed by atoms with Crippen molar-refractivity contribution in [1.82, 2.24) is 9.88 Å². The number of benzene rings is 2. The highest BCUT2D eigenvalue weighted by Crippen LogP contribution is 2.41. The van der Waals surface area contributed by atoms with Crippen molar-refractivity contribution in [3.8, 4) is 11.5 Å².